The van der Waals surface area contributed by atoms with Crippen LogP contribution in [0.15, 0.2) is 47.7 Å². The lowest BCUT2D eigenvalue weighted by molar-refractivity contribution is 0.443. The van der Waals surface area contributed by atoms with Crippen molar-refractivity contribution in [1.29, 1.82) is 0 Å². The maximum atomic E-state index is 10.0. The molecule has 2 aromatic heterocycles. The number of pyridine rings is 1. The smallest absolute Gasteiger partial charge is 0.158 e. The first kappa shape index (κ1) is 14.4. The molecule has 2 heterocycles. The summed E-state index contributed by atoms with van der Waals surface area (Å²) in [4.78, 5) is 8.22. The molecule has 8 nitrogen and oxygen atoms in total. The van der Waals surface area contributed by atoms with Crippen molar-refractivity contribution >= 4 is 23.5 Å². The van der Waals surface area contributed by atoms with Gasteiger partial charge < -0.3 is 21.7 Å². The Balaban J connectivity index is 2.07. The highest BCUT2D eigenvalue weighted by atomic mass is 16.3. The molecule has 0 saturated carbocycles. The maximum Gasteiger partial charge on any atom is 0.158 e. The summed E-state index contributed by atoms with van der Waals surface area (Å²) in [5, 5.41) is 24.1. The van der Waals surface area contributed by atoms with Gasteiger partial charge in [0.1, 0.15) is 17.3 Å². The zero-order valence-electron chi connectivity index (χ0n) is 12.0. The van der Waals surface area contributed by atoms with Crippen LogP contribution in [0.2, 0.25) is 0 Å². The maximum absolute atomic E-state index is 10.0. The molecule has 0 aliphatic heterocycles. The molecule has 23 heavy (non-hydrogen) atoms. The van der Waals surface area contributed by atoms with Gasteiger partial charge in [-0.15, -0.1) is 5.10 Å². The molecular formula is C15H14N6O2. The Morgan fingerprint density at radius 1 is 1.04 bits per heavy atom. The first-order valence-electron chi connectivity index (χ1n) is 6.66. The van der Waals surface area contributed by atoms with Gasteiger partial charge in [0.2, 0.25) is 0 Å². The summed E-state index contributed by atoms with van der Waals surface area (Å²) in [6, 6.07) is 7.71. The van der Waals surface area contributed by atoms with E-state index in [9.17, 15) is 10.2 Å². The van der Waals surface area contributed by atoms with Gasteiger partial charge in [0, 0.05) is 42.5 Å². The third kappa shape index (κ3) is 2.91. The molecule has 8 heteroatoms. The van der Waals surface area contributed by atoms with Crippen molar-refractivity contribution in [1.82, 2.24) is 14.8 Å². The normalized spacial score (nSPS) is 11.1. The molecule has 6 N–H and O–H groups in total. The Hall–Kier alpha value is -3.55. The summed E-state index contributed by atoms with van der Waals surface area (Å²) in [5.74, 6) is 0.0779. The van der Waals surface area contributed by atoms with E-state index < -0.39 is 0 Å². The third-order valence-corrected chi connectivity index (χ3v) is 3.07. The number of nitrogens with two attached hydrogens (primary N) is 2. The number of anilines is 2. The number of aromatic hydroxyl groups is 2. The summed E-state index contributed by atoms with van der Waals surface area (Å²) in [6.45, 7) is 0. The molecule has 0 radical (unpaired) electrons. The van der Waals surface area contributed by atoms with Gasteiger partial charge in [-0.25, -0.2) is 9.67 Å². The van der Waals surface area contributed by atoms with E-state index in [0.717, 1.165) is 5.56 Å². The van der Waals surface area contributed by atoms with Gasteiger partial charge in [-0.3, -0.25) is 4.98 Å². The Bertz CT molecular complexity index is 850. The van der Waals surface area contributed by atoms with E-state index in [1.165, 1.54) is 22.9 Å². The Labute approximate surface area is 131 Å². The molecule has 0 atom stereocenters. The van der Waals surface area contributed by atoms with Crippen LogP contribution < -0.4 is 11.5 Å². The molecule has 0 aliphatic rings. The lowest BCUT2D eigenvalue weighted by Crippen LogP contribution is -1.99. The second-order valence-corrected chi connectivity index (χ2v) is 4.79. The number of nitrogen functional groups attached to an aromatic ring is 2. The van der Waals surface area contributed by atoms with Crippen LogP contribution in [0.25, 0.3) is 5.69 Å². The minimum Gasteiger partial charge on any atom is -0.505 e. The number of aliphatic imine (C=N–C) groups is 1. The molecule has 0 aliphatic carbocycles. The minimum atomic E-state index is -0.231. The zero-order chi connectivity index (χ0) is 16.4. The lowest BCUT2D eigenvalue weighted by atomic mass is 10.2. The topological polar surface area (TPSA) is 136 Å². The van der Waals surface area contributed by atoms with Gasteiger partial charge in [-0.1, -0.05) is 0 Å². The predicted molar refractivity (Wildman–Crippen MR) is 87.2 cm³/mol. The Morgan fingerprint density at radius 3 is 2.35 bits per heavy atom. The second kappa shape index (κ2) is 5.68. The molecule has 3 aromatic rings. The van der Waals surface area contributed by atoms with Gasteiger partial charge in [-0.05, 0) is 17.7 Å². The van der Waals surface area contributed by atoms with E-state index in [2.05, 4.69) is 15.1 Å². The average Bonchev–Trinajstić information content (AvgIpc) is 2.86. The van der Waals surface area contributed by atoms with E-state index in [0.29, 0.717) is 5.82 Å². The zero-order valence-corrected chi connectivity index (χ0v) is 12.0. The molecular weight excluding hydrogens is 296 g/mol. The molecule has 0 bridgehead atoms. The summed E-state index contributed by atoms with van der Waals surface area (Å²) in [5.41, 5.74) is 12.4. The van der Waals surface area contributed by atoms with Crippen LogP contribution in [0, 0.1) is 0 Å². The number of aromatic nitrogens is 3. The monoisotopic (exact) mass is 310 g/mol. The van der Waals surface area contributed by atoms with Crippen molar-refractivity contribution in [3.63, 3.8) is 0 Å². The van der Waals surface area contributed by atoms with Crippen LogP contribution in [-0.4, -0.2) is 31.2 Å². The fraction of sp³-hybridized carbons (Fsp3) is 0. The number of rotatable bonds is 3. The number of nitrogens with zero attached hydrogens (tertiary/aromatic N) is 4. The number of phenolic OH excluding ortho intramolecular Hbond substituents is 2. The van der Waals surface area contributed by atoms with Crippen molar-refractivity contribution in [2.45, 2.75) is 0 Å². The SMILES string of the molecule is Nc1cc(O)c(-n2nc(N)cc2/N=C/c2ccncc2)c(O)c1. The molecule has 116 valence electrons. The van der Waals surface area contributed by atoms with E-state index in [1.54, 1.807) is 30.7 Å². The first-order valence-corrected chi connectivity index (χ1v) is 6.66. The quantitative estimate of drug-likeness (QED) is 0.428. The highest BCUT2D eigenvalue weighted by molar-refractivity contribution is 5.81. The number of phenols is 2. The Kier molecular flexibility index (Phi) is 3.55. The Morgan fingerprint density at radius 2 is 1.70 bits per heavy atom. The summed E-state index contributed by atoms with van der Waals surface area (Å²) < 4.78 is 1.25. The van der Waals surface area contributed by atoms with Crippen LogP contribution in [0.5, 0.6) is 11.5 Å². The number of benzene rings is 1. The summed E-state index contributed by atoms with van der Waals surface area (Å²) in [6.07, 6.45) is 4.88. The highest BCUT2D eigenvalue weighted by Crippen LogP contribution is 2.36. The standard InChI is InChI=1S/C15H14N6O2/c16-10-5-11(22)15(12(23)6-10)21-14(7-13(17)20-21)19-8-9-1-3-18-4-2-9/h1-8,22-23H,16H2,(H2,17,20)/b19-8+. The lowest BCUT2D eigenvalue weighted by Gasteiger charge is -2.09. The van der Waals surface area contributed by atoms with E-state index in [-0.39, 0.29) is 28.7 Å². The van der Waals surface area contributed by atoms with Gasteiger partial charge in [0.25, 0.3) is 0 Å². The van der Waals surface area contributed by atoms with E-state index in [1.807, 2.05) is 0 Å². The molecule has 0 spiro atoms. The number of hydrogen-bond donors (Lipinski definition) is 4. The van der Waals surface area contributed by atoms with Gasteiger partial charge in [0.15, 0.2) is 11.5 Å². The van der Waals surface area contributed by atoms with Crippen molar-refractivity contribution in [2.24, 2.45) is 4.99 Å². The predicted octanol–water partition coefficient (Wildman–Crippen LogP) is 1.59. The van der Waals surface area contributed by atoms with E-state index >= 15 is 0 Å². The second-order valence-electron chi connectivity index (χ2n) is 4.79. The van der Waals surface area contributed by atoms with Crippen molar-refractivity contribution in [2.75, 3.05) is 11.5 Å². The molecule has 0 amide bonds. The fourth-order valence-electron chi connectivity index (χ4n) is 2.08. The summed E-state index contributed by atoms with van der Waals surface area (Å²) >= 11 is 0. The van der Waals surface area contributed by atoms with Gasteiger partial charge >= 0.3 is 0 Å². The van der Waals surface area contributed by atoms with Crippen LogP contribution in [0.4, 0.5) is 17.3 Å². The third-order valence-electron chi connectivity index (χ3n) is 3.07. The molecule has 1 aromatic carbocycles. The van der Waals surface area contributed by atoms with Gasteiger partial charge in [0.05, 0.1) is 0 Å². The highest BCUT2D eigenvalue weighted by Gasteiger charge is 2.16. The molecule has 0 fully saturated rings. The fourth-order valence-corrected chi connectivity index (χ4v) is 2.08. The van der Waals surface area contributed by atoms with E-state index in [4.69, 9.17) is 11.5 Å². The largest absolute Gasteiger partial charge is 0.505 e. The first-order chi connectivity index (χ1) is 11.0. The van der Waals surface area contributed by atoms with Crippen molar-refractivity contribution < 1.29 is 10.2 Å². The molecule has 0 unspecified atom stereocenters. The van der Waals surface area contributed by atoms with Crippen LogP contribution >= 0.6 is 0 Å². The average molecular weight is 310 g/mol. The summed E-state index contributed by atoms with van der Waals surface area (Å²) in [7, 11) is 0. The molecule has 3 rings (SSSR count). The van der Waals surface area contributed by atoms with Crippen LogP contribution in [0.3, 0.4) is 0 Å². The number of hydrogen-bond acceptors (Lipinski definition) is 7. The minimum absolute atomic E-state index is 0.0535. The van der Waals surface area contributed by atoms with Crippen LogP contribution in [0.1, 0.15) is 5.56 Å². The van der Waals surface area contributed by atoms with Crippen LogP contribution in [-0.2, 0) is 0 Å². The molecule has 0 saturated heterocycles. The van der Waals surface area contributed by atoms with Gasteiger partial charge in [-0.2, -0.15) is 0 Å². The van der Waals surface area contributed by atoms with Crippen molar-refractivity contribution in [3.8, 4) is 17.2 Å². The van der Waals surface area contributed by atoms with Crippen molar-refractivity contribution in [3.05, 3.63) is 48.3 Å².